The van der Waals surface area contributed by atoms with E-state index in [1.54, 1.807) is 0 Å². The first-order chi connectivity index (χ1) is 11.5. The van der Waals surface area contributed by atoms with Gasteiger partial charge in [-0.1, -0.05) is 28.1 Å². The second-order valence-corrected chi connectivity index (χ2v) is 7.73. The van der Waals surface area contributed by atoms with E-state index >= 15 is 0 Å². The lowest BCUT2D eigenvalue weighted by Gasteiger charge is -2.27. The molecule has 1 aliphatic carbocycles. The molecule has 0 heterocycles. The fraction of sp³-hybridized carbons (Fsp3) is 0.350. The molecule has 0 saturated heterocycles. The lowest BCUT2D eigenvalue weighted by atomic mass is 9.83. The van der Waals surface area contributed by atoms with Gasteiger partial charge in [0, 0.05) is 22.3 Å². The number of hydrogen-bond acceptors (Lipinski definition) is 2. The molecule has 4 heteroatoms. The zero-order valence-electron chi connectivity index (χ0n) is 14.2. The van der Waals surface area contributed by atoms with Crippen LogP contribution in [0, 0.1) is 5.92 Å². The maximum atomic E-state index is 12.4. The zero-order chi connectivity index (χ0) is 17.1. The number of benzene rings is 2. The molecular weight excluding hydrogens is 364 g/mol. The number of hydrogen-bond donors (Lipinski definition) is 1. The molecule has 1 N–H and O–H groups in total. The van der Waals surface area contributed by atoms with E-state index in [0.29, 0.717) is 5.56 Å². The highest BCUT2D eigenvalue weighted by atomic mass is 79.9. The van der Waals surface area contributed by atoms with Crippen molar-refractivity contribution in [2.75, 3.05) is 26.0 Å². The van der Waals surface area contributed by atoms with E-state index in [1.165, 1.54) is 17.5 Å². The van der Waals surface area contributed by atoms with Gasteiger partial charge in [0.15, 0.2) is 0 Å². The fourth-order valence-corrected chi connectivity index (χ4v) is 3.81. The molecular formula is C20H23BrN2O. The van der Waals surface area contributed by atoms with Crippen LogP contribution in [0.15, 0.2) is 46.9 Å². The van der Waals surface area contributed by atoms with Crippen LogP contribution < -0.4 is 5.32 Å². The maximum absolute atomic E-state index is 12.4. The van der Waals surface area contributed by atoms with Gasteiger partial charge in [0.1, 0.15) is 0 Å². The van der Waals surface area contributed by atoms with Gasteiger partial charge < -0.3 is 10.2 Å². The maximum Gasteiger partial charge on any atom is 0.255 e. The molecule has 0 aliphatic heterocycles. The molecule has 0 saturated carbocycles. The number of nitrogens with zero attached hydrogens (tertiary/aromatic N) is 1. The predicted molar refractivity (Wildman–Crippen MR) is 103 cm³/mol. The van der Waals surface area contributed by atoms with Gasteiger partial charge >= 0.3 is 0 Å². The fourth-order valence-electron chi connectivity index (χ4n) is 3.41. The molecule has 1 atom stereocenters. The second-order valence-electron chi connectivity index (χ2n) is 6.82. The minimum absolute atomic E-state index is 0.0717. The first-order valence-electron chi connectivity index (χ1n) is 8.35. The summed E-state index contributed by atoms with van der Waals surface area (Å²) in [5.41, 5.74) is 4.34. The summed E-state index contributed by atoms with van der Waals surface area (Å²) >= 11 is 3.40. The monoisotopic (exact) mass is 386 g/mol. The molecule has 0 aromatic heterocycles. The van der Waals surface area contributed by atoms with E-state index in [4.69, 9.17) is 0 Å². The lowest BCUT2D eigenvalue weighted by molar-refractivity contribution is 0.102. The summed E-state index contributed by atoms with van der Waals surface area (Å²) < 4.78 is 0.910. The number of fused-ring (bicyclic) bond motifs is 1. The van der Waals surface area contributed by atoms with Crippen LogP contribution in [-0.4, -0.2) is 31.4 Å². The molecule has 0 bridgehead atoms. The van der Waals surface area contributed by atoms with Crippen molar-refractivity contribution in [1.82, 2.24) is 4.90 Å². The van der Waals surface area contributed by atoms with Crippen LogP contribution in [0.1, 0.15) is 27.9 Å². The third-order valence-electron chi connectivity index (χ3n) is 4.50. The standard InChI is InChI=1S/C20H23BrN2O/c1-23(2)13-14-6-7-16-12-19(9-8-15(16)10-14)22-20(24)17-4-3-5-18(21)11-17/h3-5,8-9,11-12,14H,6-7,10,13H2,1-2H3,(H,22,24). The number of amides is 1. The molecule has 2 aromatic rings. The average Bonchev–Trinajstić information content (AvgIpc) is 2.54. The Kier molecular flexibility index (Phi) is 5.36. The van der Waals surface area contributed by atoms with Crippen molar-refractivity contribution in [2.24, 2.45) is 5.92 Å². The van der Waals surface area contributed by atoms with E-state index < -0.39 is 0 Å². The van der Waals surface area contributed by atoms with E-state index in [-0.39, 0.29) is 5.91 Å². The number of nitrogens with one attached hydrogen (secondary N) is 1. The van der Waals surface area contributed by atoms with Crippen molar-refractivity contribution in [3.05, 3.63) is 63.6 Å². The summed E-state index contributed by atoms with van der Waals surface area (Å²) in [6.07, 6.45) is 3.44. The Hall–Kier alpha value is -1.65. The minimum Gasteiger partial charge on any atom is -0.322 e. The molecule has 3 nitrogen and oxygen atoms in total. The quantitative estimate of drug-likeness (QED) is 0.845. The number of halogens is 1. The molecule has 2 aromatic carbocycles. The van der Waals surface area contributed by atoms with Crippen molar-refractivity contribution in [3.8, 4) is 0 Å². The number of anilines is 1. The van der Waals surface area contributed by atoms with Gasteiger partial charge in [-0.3, -0.25) is 4.79 Å². The van der Waals surface area contributed by atoms with Crippen LogP contribution in [0.3, 0.4) is 0 Å². The largest absolute Gasteiger partial charge is 0.322 e. The summed E-state index contributed by atoms with van der Waals surface area (Å²) in [4.78, 5) is 14.6. The van der Waals surface area contributed by atoms with E-state index in [1.807, 2.05) is 30.3 Å². The van der Waals surface area contributed by atoms with Gasteiger partial charge in [-0.25, -0.2) is 0 Å². The molecule has 3 rings (SSSR count). The number of carbonyl (C=O) groups excluding carboxylic acids is 1. The van der Waals surface area contributed by atoms with Crippen molar-refractivity contribution in [3.63, 3.8) is 0 Å². The number of rotatable bonds is 4. The number of aryl methyl sites for hydroxylation is 1. The Bertz CT molecular complexity index is 742. The van der Waals surface area contributed by atoms with Crippen molar-refractivity contribution >= 4 is 27.5 Å². The molecule has 1 unspecified atom stereocenters. The van der Waals surface area contributed by atoms with Crippen LogP contribution in [0.25, 0.3) is 0 Å². The molecule has 0 spiro atoms. The van der Waals surface area contributed by atoms with E-state index in [2.05, 4.69) is 52.4 Å². The average molecular weight is 387 g/mol. The van der Waals surface area contributed by atoms with Gasteiger partial charge in [-0.2, -0.15) is 0 Å². The molecule has 24 heavy (non-hydrogen) atoms. The van der Waals surface area contributed by atoms with Gasteiger partial charge in [0.2, 0.25) is 0 Å². The predicted octanol–water partition coefficient (Wildman–Crippen LogP) is 4.37. The van der Waals surface area contributed by atoms with Gasteiger partial charge in [-0.05, 0) is 80.7 Å². The van der Waals surface area contributed by atoms with Crippen LogP contribution in [0.5, 0.6) is 0 Å². The van der Waals surface area contributed by atoms with E-state index in [9.17, 15) is 4.79 Å². The highest BCUT2D eigenvalue weighted by Gasteiger charge is 2.19. The van der Waals surface area contributed by atoms with Crippen LogP contribution >= 0.6 is 15.9 Å². The minimum atomic E-state index is -0.0717. The Labute approximate surface area is 152 Å². The van der Waals surface area contributed by atoms with Crippen LogP contribution in [0.4, 0.5) is 5.69 Å². The normalized spacial score (nSPS) is 16.8. The van der Waals surface area contributed by atoms with Crippen LogP contribution in [-0.2, 0) is 12.8 Å². The molecule has 1 aliphatic rings. The molecule has 1 amide bonds. The molecule has 0 fully saturated rings. The van der Waals surface area contributed by atoms with E-state index in [0.717, 1.165) is 35.5 Å². The third-order valence-corrected chi connectivity index (χ3v) is 5.00. The Balaban J connectivity index is 1.70. The SMILES string of the molecule is CN(C)CC1CCc2cc(NC(=O)c3cccc(Br)c3)ccc2C1. The topological polar surface area (TPSA) is 32.3 Å². The Morgan fingerprint density at radius 3 is 2.79 bits per heavy atom. The van der Waals surface area contributed by atoms with Crippen molar-refractivity contribution in [1.29, 1.82) is 0 Å². The van der Waals surface area contributed by atoms with Crippen molar-refractivity contribution in [2.45, 2.75) is 19.3 Å². The molecule has 0 radical (unpaired) electrons. The van der Waals surface area contributed by atoms with Crippen molar-refractivity contribution < 1.29 is 4.79 Å². The number of carbonyl (C=O) groups is 1. The summed E-state index contributed by atoms with van der Waals surface area (Å²) in [5, 5.41) is 3.01. The smallest absolute Gasteiger partial charge is 0.255 e. The summed E-state index contributed by atoms with van der Waals surface area (Å²) in [7, 11) is 4.27. The Morgan fingerprint density at radius 1 is 1.21 bits per heavy atom. The first-order valence-corrected chi connectivity index (χ1v) is 9.14. The lowest BCUT2D eigenvalue weighted by Crippen LogP contribution is -2.26. The second kappa shape index (κ2) is 7.49. The summed E-state index contributed by atoms with van der Waals surface area (Å²) in [5.74, 6) is 0.659. The van der Waals surface area contributed by atoms with Gasteiger partial charge in [0.25, 0.3) is 5.91 Å². The van der Waals surface area contributed by atoms with Gasteiger partial charge in [-0.15, -0.1) is 0 Å². The summed E-state index contributed by atoms with van der Waals surface area (Å²) in [6, 6.07) is 13.8. The highest BCUT2D eigenvalue weighted by molar-refractivity contribution is 9.10. The highest BCUT2D eigenvalue weighted by Crippen LogP contribution is 2.28. The van der Waals surface area contributed by atoms with Gasteiger partial charge in [0.05, 0.1) is 0 Å². The van der Waals surface area contributed by atoms with Crippen LogP contribution in [0.2, 0.25) is 0 Å². The first kappa shape index (κ1) is 17.2. The Morgan fingerprint density at radius 2 is 2.04 bits per heavy atom. The zero-order valence-corrected chi connectivity index (χ0v) is 15.8. The summed E-state index contributed by atoms with van der Waals surface area (Å²) in [6.45, 7) is 1.14. The molecule has 126 valence electrons. The third kappa shape index (κ3) is 4.25.